The largest absolute Gasteiger partial charge is 0.495 e. The van der Waals surface area contributed by atoms with Crippen LogP contribution >= 0.6 is 0 Å². The van der Waals surface area contributed by atoms with Gasteiger partial charge in [-0.05, 0) is 42.5 Å². The van der Waals surface area contributed by atoms with Crippen molar-refractivity contribution in [1.82, 2.24) is 0 Å². The van der Waals surface area contributed by atoms with E-state index in [2.05, 4.69) is 16.0 Å². The Balaban J connectivity index is 1.58. The quantitative estimate of drug-likeness (QED) is 0.583. The fourth-order valence-electron chi connectivity index (χ4n) is 2.64. The normalized spacial score (nSPS) is 10.0. The van der Waals surface area contributed by atoms with E-state index in [1.165, 1.54) is 0 Å². The SMILES string of the molecule is COc1ccccc1NCC(=O)Nc1cccc(NC(=O)c2ccccc2)c1. The van der Waals surface area contributed by atoms with Crippen LogP contribution in [0.4, 0.5) is 17.1 Å². The van der Waals surface area contributed by atoms with E-state index in [-0.39, 0.29) is 18.4 Å². The minimum absolute atomic E-state index is 0.0843. The standard InChI is InChI=1S/C22H21N3O3/c1-28-20-13-6-5-12-19(20)23-15-21(26)24-17-10-7-11-18(14-17)25-22(27)16-8-3-2-4-9-16/h2-14,23H,15H2,1H3,(H,24,26)(H,25,27). The molecule has 0 atom stereocenters. The van der Waals surface area contributed by atoms with Gasteiger partial charge in [0.15, 0.2) is 0 Å². The maximum atomic E-state index is 12.2. The van der Waals surface area contributed by atoms with Gasteiger partial charge in [0.25, 0.3) is 5.91 Å². The number of nitrogens with one attached hydrogen (secondary N) is 3. The average Bonchev–Trinajstić information content (AvgIpc) is 2.73. The number of anilines is 3. The third-order valence-electron chi connectivity index (χ3n) is 3.99. The van der Waals surface area contributed by atoms with Gasteiger partial charge in [0.05, 0.1) is 19.3 Å². The summed E-state index contributed by atoms with van der Waals surface area (Å²) >= 11 is 0. The maximum Gasteiger partial charge on any atom is 0.255 e. The van der Waals surface area contributed by atoms with Gasteiger partial charge in [-0.3, -0.25) is 9.59 Å². The van der Waals surface area contributed by atoms with Crippen LogP contribution in [0.15, 0.2) is 78.9 Å². The molecule has 0 saturated carbocycles. The Hall–Kier alpha value is -3.80. The molecule has 2 amide bonds. The van der Waals surface area contributed by atoms with Crippen LogP contribution in [-0.2, 0) is 4.79 Å². The molecule has 28 heavy (non-hydrogen) atoms. The molecule has 0 unspecified atom stereocenters. The van der Waals surface area contributed by atoms with Gasteiger partial charge < -0.3 is 20.7 Å². The molecule has 3 N–H and O–H groups in total. The van der Waals surface area contributed by atoms with Crippen molar-refractivity contribution in [3.8, 4) is 5.75 Å². The number of ether oxygens (including phenoxy) is 1. The van der Waals surface area contributed by atoms with Crippen LogP contribution in [0.5, 0.6) is 5.75 Å². The number of carbonyl (C=O) groups is 2. The smallest absolute Gasteiger partial charge is 0.255 e. The molecule has 0 radical (unpaired) electrons. The van der Waals surface area contributed by atoms with Crippen LogP contribution in [0, 0.1) is 0 Å². The van der Waals surface area contributed by atoms with E-state index in [9.17, 15) is 9.59 Å². The van der Waals surface area contributed by atoms with Gasteiger partial charge in [0, 0.05) is 16.9 Å². The first-order valence-electron chi connectivity index (χ1n) is 8.79. The molecular weight excluding hydrogens is 354 g/mol. The molecule has 3 aromatic rings. The van der Waals surface area contributed by atoms with Crippen LogP contribution in [0.25, 0.3) is 0 Å². The average molecular weight is 375 g/mol. The summed E-state index contributed by atoms with van der Waals surface area (Å²) in [5.74, 6) is 0.250. The Kier molecular flexibility index (Phi) is 6.25. The second-order valence-corrected chi connectivity index (χ2v) is 6.00. The molecule has 3 aromatic carbocycles. The van der Waals surface area contributed by atoms with Crippen LogP contribution < -0.4 is 20.7 Å². The molecule has 0 fully saturated rings. The Morgan fingerprint density at radius 2 is 1.50 bits per heavy atom. The second-order valence-electron chi connectivity index (χ2n) is 6.00. The van der Waals surface area contributed by atoms with Gasteiger partial charge in [-0.2, -0.15) is 0 Å². The maximum absolute atomic E-state index is 12.2. The fraction of sp³-hybridized carbons (Fsp3) is 0.0909. The predicted molar refractivity (Wildman–Crippen MR) is 111 cm³/mol. The summed E-state index contributed by atoms with van der Waals surface area (Å²) in [7, 11) is 1.58. The summed E-state index contributed by atoms with van der Waals surface area (Å²) in [5, 5.41) is 8.68. The number of para-hydroxylation sites is 2. The number of rotatable bonds is 7. The monoisotopic (exact) mass is 375 g/mol. The summed E-state index contributed by atoms with van der Waals surface area (Å²) < 4.78 is 5.25. The lowest BCUT2D eigenvalue weighted by molar-refractivity contribution is -0.114. The fourth-order valence-corrected chi connectivity index (χ4v) is 2.64. The van der Waals surface area contributed by atoms with E-state index in [0.29, 0.717) is 22.7 Å². The van der Waals surface area contributed by atoms with Gasteiger partial charge in [0.2, 0.25) is 5.91 Å². The first-order chi connectivity index (χ1) is 13.7. The van der Waals surface area contributed by atoms with Crippen LogP contribution in [0.2, 0.25) is 0 Å². The number of amides is 2. The highest BCUT2D eigenvalue weighted by Crippen LogP contribution is 2.22. The molecule has 0 heterocycles. The Morgan fingerprint density at radius 3 is 2.25 bits per heavy atom. The highest BCUT2D eigenvalue weighted by Gasteiger charge is 2.08. The Morgan fingerprint density at radius 1 is 0.821 bits per heavy atom. The van der Waals surface area contributed by atoms with E-state index >= 15 is 0 Å². The molecule has 0 aromatic heterocycles. The zero-order chi connectivity index (χ0) is 19.8. The van der Waals surface area contributed by atoms with Crippen LogP contribution in [0.1, 0.15) is 10.4 Å². The zero-order valence-corrected chi connectivity index (χ0v) is 15.4. The number of benzene rings is 3. The van der Waals surface area contributed by atoms with Gasteiger partial charge in [0.1, 0.15) is 5.75 Å². The summed E-state index contributed by atoms with van der Waals surface area (Å²) in [4.78, 5) is 24.5. The van der Waals surface area contributed by atoms with E-state index in [0.717, 1.165) is 5.69 Å². The summed E-state index contributed by atoms with van der Waals surface area (Å²) in [6, 6.07) is 23.3. The molecule has 6 heteroatoms. The molecule has 0 aliphatic heterocycles. The highest BCUT2D eigenvalue weighted by molar-refractivity contribution is 6.04. The third kappa shape index (κ3) is 5.11. The molecule has 142 valence electrons. The number of hydrogen-bond donors (Lipinski definition) is 3. The van der Waals surface area contributed by atoms with Crippen molar-refractivity contribution in [2.45, 2.75) is 0 Å². The van der Waals surface area contributed by atoms with Crippen LogP contribution in [-0.4, -0.2) is 25.5 Å². The van der Waals surface area contributed by atoms with Crippen molar-refractivity contribution in [2.75, 3.05) is 29.6 Å². The molecule has 0 saturated heterocycles. The lowest BCUT2D eigenvalue weighted by atomic mass is 10.2. The minimum Gasteiger partial charge on any atom is -0.495 e. The number of carbonyl (C=O) groups excluding carboxylic acids is 2. The van der Waals surface area contributed by atoms with Gasteiger partial charge in [-0.15, -0.1) is 0 Å². The van der Waals surface area contributed by atoms with Crippen molar-refractivity contribution in [3.63, 3.8) is 0 Å². The summed E-state index contributed by atoms with van der Waals surface area (Å²) in [6.45, 7) is 0.0843. The molecule has 6 nitrogen and oxygen atoms in total. The van der Waals surface area contributed by atoms with Gasteiger partial charge >= 0.3 is 0 Å². The number of methoxy groups -OCH3 is 1. The Bertz CT molecular complexity index is 958. The van der Waals surface area contributed by atoms with Crippen LogP contribution in [0.3, 0.4) is 0 Å². The Labute approximate surface area is 163 Å². The lowest BCUT2D eigenvalue weighted by Gasteiger charge is -2.12. The summed E-state index contributed by atoms with van der Waals surface area (Å²) in [5.41, 5.74) is 2.50. The first kappa shape index (κ1) is 19.0. The minimum atomic E-state index is -0.211. The van der Waals surface area contributed by atoms with Crippen molar-refractivity contribution in [1.29, 1.82) is 0 Å². The molecule has 0 bridgehead atoms. The number of hydrogen-bond acceptors (Lipinski definition) is 4. The molecule has 0 aliphatic rings. The van der Waals surface area contributed by atoms with Crippen molar-refractivity contribution < 1.29 is 14.3 Å². The molecule has 3 rings (SSSR count). The highest BCUT2D eigenvalue weighted by atomic mass is 16.5. The zero-order valence-electron chi connectivity index (χ0n) is 15.4. The third-order valence-corrected chi connectivity index (χ3v) is 3.99. The second kappa shape index (κ2) is 9.23. The molecule has 0 spiro atoms. The van der Waals surface area contributed by atoms with Crippen molar-refractivity contribution >= 4 is 28.9 Å². The van der Waals surface area contributed by atoms with Gasteiger partial charge in [-0.25, -0.2) is 0 Å². The lowest BCUT2D eigenvalue weighted by Crippen LogP contribution is -2.22. The van der Waals surface area contributed by atoms with E-state index in [4.69, 9.17) is 4.74 Å². The van der Waals surface area contributed by atoms with Crippen molar-refractivity contribution in [3.05, 3.63) is 84.4 Å². The summed E-state index contributed by atoms with van der Waals surface area (Å²) in [6.07, 6.45) is 0. The van der Waals surface area contributed by atoms with E-state index in [1.807, 2.05) is 30.3 Å². The van der Waals surface area contributed by atoms with E-state index in [1.54, 1.807) is 55.6 Å². The predicted octanol–water partition coefficient (Wildman–Crippen LogP) is 4.00. The van der Waals surface area contributed by atoms with Gasteiger partial charge in [-0.1, -0.05) is 36.4 Å². The first-order valence-corrected chi connectivity index (χ1v) is 8.79. The van der Waals surface area contributed by atoms with Crippen molar-refractivity contribution in [2.24, 2.45) is 0 Å². The topological polar surface area (TPSA) is 79.5 Å². The molecule has 0 aliphatic carbocycles. The molecular formula is C22H21N3O3. The van der Waals surface area contributed by atoms with E-state index < -0.39 is 0 Å².